The second-order valence-electron chi connectivity index (χ2n) is 10.9. The van der Waals surface area contributed by atoms with Gasteiger partial charge in [-0.25, -0.2) is 0 Å². The van der Waals surface area contributed by atoms with E-state index in [9.17, 15) is 0 Å². The number of hydrogen-bond acceptors (Lipinski definition) is 12. The first-order valence-electron chi connectivity index (χ1n) is 15.9. The number of aryl methyl sites for hydroxylation is 6. The molecule has 6 rings (SSSR count). The monoisotopic (exact) mass is 672 g/mol. The van der Waals surface area contributed by atoms with E-state index in [4.69, 9.17) is 52.1 Å². The lowest BCUT2D eigenvalue weighted by atomic mass is 9.89. The molecule has 48 heavy (non-hydrogen) atoms. The first-order valence-corrected chi connectivity index (χ1v) is 15.9. The van der Waals surface area contributed by atoms with E-state index in [0.717, 1.165) is 30.1 Å². The molecule has 0 heterocycles. The number of hydrogen-bond donors (Lipinski definition) is 0. The van der Waals surface area contributed by atoms with Gasteiger partial charge in [-0.1, -0.05) is 18.2 Å². The van der Waals surface area contributed by atoms with Crippen LogP contribution in [0.4, 0.5) is 0 Å². The maximum atomic E-state index is 5.44. The number of benzene rings is 3. The van der Waals surface area contributed by atoms with Crippen molar-refractivity contribution >= 4 is 0 Å². The molecule has 0 spiro atoms. The van der Waals surface area contributed by atoms with Crippen molar-refractivity contribution in [2.24, 2.45) is 0 Å². The molecule has 0 aliphatic heterocycles. The van der Waals surface area contributed by atoms with Gasteiger partial charge in [0, 0.05) is 21.3 Å². The van der Waals surface area contributed by atoms with Crippen LogP contribution in [0.5, 0.6) is 17.2 Å². The number of methoxy groups -OCH3 is 3. The van der Waals surface area contributed by atoms with E-state index >= 15 is 0 Å². The lowest BCUT2D eigenvalue weighted by Gasteiger charge is -2.19. The smallest absolute Gasteiger partial charge is 0.191 e. The van der Waals surface area contributed by atoms with Crippen LogP contribution in [0, 0.1) is 0 Å². The third-order valence-electron chi connectivity index (χ3n) is 7.55. The Morgan fingerprint density at radius 1 is 0.333 bits per heavy atom. The molecule has 3 aromatic rings. The predicted octanol–water partition coefficient (Wildman–Crippen LogP) is 5.15. The second-order valence-corrected chi connectivity index (χ2v) is 10.9. The lowest BCUT2D eigenvalue weighted by Crippen LogP contribution is -2.11. The van der Waals surface area contributed by atoms with Crippen LogP contribution >= 0.6 is 0 Å². The van der Waals surface area contributed by atoms with Gasteiger partial charge in [0.25, 0.3) is 0 Å². The molecule has 0 bridgehead atoms. The molecule has 12 heteroatoms. The van der Waals surface area contributed by atoms with Crippen LogP contribution in [0.1, 0.15) is 33.4 Å². The molecule has 0 unspecified atom stereocenters. The third-order valence-corrected chi connectivity index (χ3v) is 7.55. The van der Waals surface area contributed by atoms with E-state index in [0.29, 0.717) is 0 Å². The Morgan fingerprint density at radius 2 is 0.604 bits per heavy atom. The van der Waals surface area contributed by atoms with Crippen LogP contribution in [0.25, 0.3) is 0 Å². The van der Waals surface area contributed by atoms with Gasteiger partial charge in [-0.2, -0.15) is 0 Å². The molecular weight excluding hydrogens is 624 g/mol. The van der Waals surface area contributed by atoms with E-state index in [1.165, 1.54) is 59.1 Å². The summed E-state index contributed by atoms with van der Waals surface area (Å²) in [6.45, 7) is 1.79. The van der Waals surface area contributed by atoms with E-state index in [1.807, 2.05) is 18.2 Å². The second kappa shape index (κ2) is 22.4. The lowest BCUT2D eigenvalue weighted by molar-refractivity contribution is -0.177. The molecule has 0 atom stereocenters. The molecule has 3 aliphatic carbocycles. The summed E-state index contributed by atoms with van der Waals surface area (Å²) in [5, 5.41) is 0. The van der Waals surface area contributed by atoms with Crippen molar-refractivity contribution in [1.29, 1.82) is 0 Å². The summed E-state index contributed by atoms with van der Waals surface area (Å²) >= 11 is 0. The van der Waals surface area contributed by atoms with Gasteiger partial charge in [-0.05, 0) is 108 Å². The van der Waals surface area contributed by atoms with Crippen molar-refractivity contribution in [2.45, 2.75) is 38.5 Å². The number of fused-ring (bicyclic) bond motifs is 3. The molecule has 3 aliphatic rings. The summed E-state index contributed by atoms with van der Waals surface area (Å²) in [5.74, 6) is 2.56. The van der Waals surface area contributed by atoms with Gasteiger partial charge in [-0.3, -0.25) is 0 Å². The predicted molar refractivity (Wildman–Crippen MR) is 175 cm³/mol. The average Bonchev–Trinajstić information content (AvgIpc) is 3.06. The summed E-state index contributed by atoms with van der Waals surface area (Å²) in [5.41, 5.74) is 8.44. The van der Waals surface area contributed by atoms with Crippen LogP contribution < -0.4 is 14.2 Å². The molecule has 3 aromatic carbocycles. The largest absolute Gasteiger partial charge is 0.467 e. The zero-order valence-corrected chi connectivity index (χ0v) is 28.2. The summed E-state index contributed by atoms with van der Waals surface area (Å²) in [6.07, 6.45) is 7.05. The molecule has 0 aromatic heterocycles. The highest BCUT2D eigenvalue weighted by Gasteiger charge is 2.14. The number of ether oxygens (including phenoxy) is 12. The minimum Gasteiger partial charge on any atom is -0.467 e. The van der Waals surface area contributed by atoms with Crippen molar-refractivity contribution in [3.63, 3.8) is 0 Å². The maximum absolute atomic E-state index is 5.44. The van der Waals surface area contributed by atoms with Crippen LogP contribution in [-0.4, -0.2) is 82.5 Å². The van der Waals surface area contributed by atoms with Gasteiger partial charge < -0.3 is 56.8 Å². The average molecular weight is 673 g/mol. The molecule has 0 radical (unpaired) electrons. The van der Waals surface area contributed by atoms with Crippen molar-refractivity contribution in [2.75, 3.05) is 82.5 Å². The SMILES string of the molecule is COCOCOCOCOc1ccc2c(c1)CC2.COCOCOCOc1ccc2c(c1)CC2.COCOCOc1ccc2c(c1)CC2. The van der Waals surface area contributed by atoms with Crippen molar-refractivity contribution in [3.8, 4) is 17.2 Å². The fourth-order valence-electron chi connectivity index (χ4n) is 4.74. The summed E-state index contributed by atoms with van der Waals surface area (Å²) < 4.78 is 60.5. The van der Waals surface area contributed by atoms with E-state index < -0.39 is 0 Å². The Hall–Kier alpha value is -3.30. The van der Waals surface area contributed by atoms with Gasteiger partial charge in [0.1, 0.15) is 37.6 Å². The first-order chi connectivity index (χ1) is 23.7. The normalized spacial score (nSPS) is 13.1. The fraction of sp³-hybridized carbons (Fsp3) is 0.500. The van der Waals surface area contributed by atoms with E-state index in [-0.39, 0.29) is 61.1 Å². The van der Waals surface area contributed by atoms with Crippen LogP contribution in [0.2, 0.25) is 0 Å². The van der Waals surface area contributed by atoms with Gasteiger partial charge in [0.15, 0.2) is 40.8 Å². The maximum Gasteiger partial charge on any atom is 0.191 e. The van der Waals surface area contributed by atoms with E-state index in [1.54, 1.807) is 21.3 Å². The van der Waals surface area contributed by atoms with Crippen LogP contribution in [0.3, 0.4) is 0 Å². The highest BCUT2D eigenvalue weighted by atomic mass is 16.8. The standard InChI is InChI=1S/C13H18O5.C12H16O4.C11H14O3/c1-14-7-15-8-16-9-17-10-18-13-5-4-11-2-3-12(11)6-13;1-13-7-14-8-15-9-16-12-5-4-10-2-3-11(10)6-12;1-12-7-13-8-14-11-5-4-9-2-3-10(9)6-11/h4-6H,2-3,7-10H2,1H3;4-6H,2-3,7-9H2,1H3;4-6H,2-3,7-8H2,1H3. The van der Waals surface area contributed by atoms with E-state index in [2.05, 4.69) is 41.1 Å². The zero-order chi connectivity index (χ0) is 33.7. The summed E-state index contributed by atoms with van der Waals surface area (Å²) in [4.78, 5) is 0. The van der Waals surface area contributed by atoms with Gasteiger partial charge in [0.2, 0.25) is 0 Å². The fourth-order valence-corrected chi connectivity index (χ4v) is 4.74. The molecule has 0 saturated heterocycles. The Morgan fingerprint density at radius 3 is 0.875 bits per heavy atom. The molecule has 0 amide bonds. The minimum atomic E-state index is 0.134. The zero-order valence-electron chi connectivity index (χ0n) is 28.2. The minimum absolute atomic E-state index is 0.134. The van der Waals surface area contributed by atoms with Crippen LogP contribution in [-0.2, 0) is 81.2 Å². The highest BCUT2D eigenvalue weighted by molar-refractivity contribution is 5.42. The van der Waals surface area contributed by atoms with Gasteiger partial charge >= 0.3 is 0 Å². The van der Waals surface area contributed by atoms with Gasteiger partial charge in [-0.15, -0.1) is 0 Å². The summed E-state index contributed by atoms with van der Waals surface area (Å²) in [6, 6.07) is 18.4. The molecular formula is C36H48O12. The Kier molecular flexibility index (Phi) is 17.5. The number of rotatable bonds is 21. The Balaban J connectivity index is 0.000000164. The van der Waals surface area contributed by atoms with Crippen molar-refractivity contribution < 1.29 is 56.8 Å². The molecule has 264 valence electrons. The summed E-state index contributed by atoms with van der Waals surface area (Å²) in [7, 11) is 4.71. The van der Waals surface area contributed by atoms with Crippen molar-refractivity contribution in [1.82, 2.24) is 0 Å². The Bertz CT molecular complexity index is 1330. The molecule has 12 nitrogen and oxygen atoms in total. The molecule has 0 fully saturated rings. The van der Waals surface area contributed by atoms with Crippen molar-refractivity contribution in [3.05, 3.63) is 88.0 Å². The Labute approximate surface area is 282 Å². The topological polar surface area (TPSA) is 111 Å². The van der Waals surface area contributed by atoms with Crippen LogP contribution in [0.15, 0.2) is 54.6 Å². The highest BCUT2D eigenvalue weighted by Crippen LogP contribution is 2.28. The third kappa shape index (κ3) is 13.3. The quantitative estimate of drug-likeness (QED) is 0.110. The molecule has 0 N–H and O–H groups in total. The first kappa shape index (κ1) is 37.5. The molecule has 0 saturated carbocycles. The van der Waals surface area contributed by atoms with Gasteiger partial charge in [0.05, 0.1) is 0 Å².